The zero-order valence-corrected chi connectivity index (χ0v) is 30.5. The number of hydrogen-bond acceptors (Lipinski definition) is 3. The van der Waals surface area contributed by atoms with Crippen LogP contribution in [0.2, 0.25) is 0 Å². The number of hydrogen-bond donors (Lipinski definition) is 0. The van der Waals surface area contributed by atoms with Crippen LogP contribution in [0.25, 0.3) is 44.2 Å². The van der Waals surface area contributed by atoms with Gasteiger partial charge in [0.1, 0.15) is 22.7 Å². The Morgan fingerprint density at radius 1 is 0.418 bits per heavy atom. The van der Waals surface area contributed by atoms with E-state index in [-0.39, 0.29) is 5.41 Å². The van der Waals surface area contributed by atoms with Gasteiger partial charge in [0.2, 0.25) is 0 Å². The molecule has 3 aliphatic rings. The van der Waals surface area contributed by atoms with Crippen molar-refractivity contribution < 1.29 is 9.15 Å². The number of furan rings is 1. The summed E-state index contributed by atoms with van der Waals surface area (Å²) < 4.78 is 13.7. The van der Waals surface area contributed by atoms with Crippen LogP contribution in [0.3, 0.4) is 0 Å². The highest BCUT2D eigenvalue weighted by Crippen LogP contribution is 2.63. The molecule has 0 radical (unpaired) electrons. The molecule has 0 fully saturated rings. The van der Waals surface area contributed by atoms with E-state index in [2.05, 4.69) is 195 Å². The largest absolute Gasteiger partial charge is 0.457 e. The lowest BCUT2D eigenvalue weighted by molar-refractivity contribution is 0.436. The van der Waals surface area contributed by atoms with Crippen molar-refractivity contribution in [1.82, 2.24) is 0 Å². The maximum atomic E-state index is 7.12. The Morgan fingerprint density at radius 3 is 1.76 bits per heavy atom. The first-order valence-corrected chi connectivity index (χ1v) is 19.1. The number of benzene rings is 8. The average Bonchev–Trinajstić information content (AvgIpc) is 3.82. The molecule has 55 heavy (non-hydrogen) atoms. The van der Waals surface area contributed by atoms with E-state index in [0.717, 1.165) is 67.2 Å². The van der Waals surface area contributed by atoms with Crippen LogP contribution >= 0.6 is 0 Å². The summed E-state index contributed by atoms with van der Waals surface area (Å²) in [5.74, 6) is 1.77. The van der Waals surface area contributed by atoms with Gasteiger partial charge in [-0.05, 0) is 87.5 Å². The van der Waals surface area contributed by atoms with Crippen molar-refractivity contribution in [1.29, 1.82) is 0 Å². The number of ether oxygens (including phenoxy) is 1. The predicted molar refractivity (Wildman–Crippen MR) is 223 cm³/mol. The summed E-state index contributed by atoms with van der Waals surface area (Å²) in [6.45, 7) is 4.68. The molecule has 0 saturated carbocycles. The van der Waals surface area contributed by atoms with Crippen molar-refractivity contribution in [3.8, 4) is 33.8 Å². The van der Waals surface area contributed by atoms with Crippen molar-refractivity contribution >= 4 is 39.0 Å². The fraction of sp³-hybridized carbons (Fsp3) is 0.0769. The highest BCUT2D eigenvalue weighted by molar-refractivity contribution is 6.13. The van der Waals surface area contributed by atoms with Crippen molar-refractivity contribution in [2.24, 2.45) is 0 Å². The van der Waals surface area contributed by atoms with E-state index < -0.39 is 5.41 Å². The number of anilines is 3. The SMILES string of the molecule is CC1(C)c2ccccc2-c2ccc(N(c3ccccc3)c3ccc4c(c3)oc3c5c(ccc34)C3(c4ccccc4Oc4ccccc43)c3ccccc3-5)cc21. The van der Waals surface area contributed by atoms with Gasteiger partial charge in [-0.25, -0.2) is 0 Å². The minimum absolute atomic E-state index is 0.105. The third-order valence-electron chi connectivity index (χ3n) is 12.5. The van der Waals surface area contributed by atoms with Crippen LogP contribution in [0, 0.1) is 0 Å². The molecule has 2 heterocycles. The van der Waals surface area contributed by atoms with Gasteiger partial charge in [-0.1, -0.05) is 135 Å². The summed E-state index contributed by atoms with van der Waals surface area (Å²) in [7, 11) is 0. The Labute approximate surface area is 319 Å². The van der Waals surface area contributed by atoms with E-state index >= 15 is 0 Å². The van der Waals surface area contributed by atoms with Crippen LogP contribution in [0.4, 0.5) is 17.1 Å². The minimum Gasteiger partial charge on any atom is -0.457 e. The summed E-state index contributed by atoms with van der Waals surface area (Å²) in [6.07, 6.45) is 0. The van der Waals surface area contributed by atoms with Gasteiger partial charge < -0.3 is 14.1 Å². The first kappa shape index (κ1) is 30.6. The molecule has 0 saturated heterocycles. The monoisotopic (exact) mass is 705 g/mol. The van der Waals surface area contributed by atoms with Crippen LogP contribution in [-0.2, 0) is 10.8 Å². The molecule has 2 aliphatic carbocycles. The average molecular weight is 706 g/mol. The van der Waals surface area contributed by atoms with Crippen molar-refractivity contribution in [3.63, 3.8) is 0 Å². The lowest BCUT2D eigenvalue weighted by Crippen LogP contribution is -2.32. The van der Waals surface area contributed by atoms with Crippen LogP contribution in [0.1, 0.15) is 47.2 Å². The fourth-order valence-electron chi connectivity index (χ4n) is 10.2. The van der Waals surface area contributed by atoms with Crippen molar-refractivity contribution in [2.75, 3.05) is 4.90 Å². The molecule has 9 aromatic rings. The summed E-state index contributed by atoms with van der Waals surface area (Å²) in [5, 5.41) is 2.22. The summed E-state index contributed by atoms with van der Waals surface area (Å²) in [6, 6.07) is 63.6. The predicted octanol–water partition coefficient (Wildman–Crippen LogP) is 13.8. The lowest BCUT2D eigenvalue weighted by atomic mass is 9.66. The Bertz CT molecular complexity index is 3010. The molecule has 0 atom stereocenters. The van der Waals surface area contributed by atoms with E-state index in [9.17, 15) is 0 Å². The first-order chi connectivity index (χ1) is 27.0. The van der Waals surface area contributed by atoms with Gasteiger partial charge in [-0.2, -0.15) is 0 Å². The Kier molecular flexibility index (Phi) is 6.05. The molecule has 8 aromatic carbocycles. The summed E-state index contributed by atoms with van der Waals surface area (Å²) in [5.41, 5.74) is 16.9. The van der Waals surface area contributed by atoms with E-state index in [0.29, 0.717) is 0 Å². The second-order valence-electron chi connectivity index (χ2n) is 15.6. The molecular weight excluding hydrogens is 671 g/mol. The van der Waals surface area contributed by atoms with Gasteiger partial charge in [0.25, 0.3) is 0 Å². The normalized spacial score (nSPS) is 14.8. The van der Waals surface area contributed by atoms with E-state index in [1.807, 2.05) is 0 Å². The lowest BCUT2D eigenvalue weighted by Gasteiger charge is -2.39. The van der Waals surface area contributed by atoms with Crippen molar-refractivity contribution in [3.05, 3.63) is 209 Å². The Balaban J connectivity index is 1.07. The van der Waals surface area contributed by atoms with E-state index in [1.165, 1.54) is 38.9 Å². The molecule has 3 nitrogen and oxygen atoms in total. The molecule has 0 N–H and O–H groups in total. The van der Waals surface area contributed by atoms with Crippen LogP contribution < -0.4 is 9.64 Å². The fourth-order valence-corrected chi connectivity index (χ4v) is 10.2. The van der Waals surface area contributed by atoms with Gasteiger partial charge >= 0.3 is 0 Å². The molecule has 0 unspecified atom stereocenters. The second kappa shape index (κ2) is 10.9. The van der Waals surface area contributed by atoms with E-state index in [4.69, 9.17) is 9.15 Å². The summed E-state index contributed by atoms with van der Waals surface area (Å²) >= 11 is 0. The highest BCUT2D eigenvalue weighted by Gasteiger charge is 2.52. The van der Waals surface area contributed by atoms with Gasteiger partial charge in [0.05, 0.1) is 5.41 Å². The number of nitrogens with zero attached hydrogens (tertiary/aromatic N) is 1. The van der Waals surface area contributed by atoms with Gasteiger partial charge in [-0.15, -0.1) is 0 Å². The molecule has 0 bridgehead atoms. The maximum absolute atomic E-state index is 7.12. The quantitative estimate of drug-likeness (QED) is 0.183. The Morgan fingerprint density at radius 2 is 1.00 bits per heavy atom. The van der Waals surface area contributed by atoms with Gasteiger partial charge in [-0.3, -0.25) is 0 Å². The van der Waals surface area contributed by atoms with Crippen LogP contribution in [0.15, 0.2) is 180 Å². The number of fused-ring (bicyclic) bond motifs is 16. The molecule has 12 rings (SSSR count). The standard InChI is InChI=1S/C52H35NO2/c1-51(2)40-18-8-6-16-35(40)36-26-24-33(30-45(36)51)53(32-14-4-3-5-15-32)34-25-27-37-38-28-29-44-49(50(38)55-48(37)31-34)39-17-7-9-19-41(39)52(44)42-20-10-12-22-46(42)54-47-23-13-11-21-43(47)52/h3-31H,1-2H3. The minimum atomic E-state index is -0.541. The zero-order valence-electron chi connectivity index (χ0n) is 30.5. The first-order valence-electron chi connectivity index (χ1n) is 19.1. The molecular formula is C52H35NO2. The van der Waals surface area contributed by atoms with Crippen LogP contribution in [-0.4, -0.2) is 0 Å². The molecule has 1 aromatic heterocycles. The number of rotatable bonds is 3. The molecule has 1 spiro atoms. The molecule has 1 aliphatic heterocycles. The second-order valence-corrected chi connectivity index (χ2v) is 15.6. The molecule has 0 amide bonds. The maximum Gasteiger partial charge on any atom is 0.143 e. The molecule has 3 heteroatoms. The van der Waals surface area contributed by atoms with Gasteiger partial charge in [0.15, 0.2) is 0 Å². The van der Waals surface area contributed by atoms with E-state index in [1.54, 1.807) is 0 Å². The third-order valence-corrected chi connectivity index (χ3v) is 12.5. The highest BCUT2D eigenvalue weighted by atomic mass is 16.5. The smallest absolute Gasteiger partial charge is 0.143 e. The van der Waals surface area contributed by atoms with Gasteiger partial charge in [0, 0.05) is 56.0 Å². The Hall–Kier alpha value is -6.84. The van der Waals surface area contributed by atoms with Crippen LogP contribution in [0.5, 0.6) is 11.5 Å². The zero-order chi connectivity index (χ0) is 36.5. The molecule has 260 valence electrons. The summed E-state index contributed by atoms with van der Waals surface area (Å²) in [4.78, 5) is 2.36. The number of para-hydroxylation sites is 3. The van der Waals surface area contributed by atoms with Crippen molar-refractivity contribution in [2.45, 2.75) is 24.7 Å². The third kappa shape index (κ3) is 3.94. The topological polar surface area (TPSA) is 25.6 Å².